The fourth-order valence-electron chi connectivity index (χ4n) is 2.92. The lowest BCUT2D eigenvalue weighted by molar-refractivity contribution is 0.0711. The van der Waals surface area contributed by atoms with Crippen molar-refractivity contribution in [3.63, 3.8) is 0 Å². The zero-order valence-electron chi connectivity index (χ0n) is 15.1. The Morgan fingerprint density at radius 2 is 1.89 bits per heavy atom. The van der Waals surface area contributed by atoms with Crippen LogP contribution in [0.15, 0.2) is 51.8 Å². The molecule has 0 radical (unpaired) electrons. The van der Waals surface area contributed by atoms with Gasteiger partial charge in [-0.2, -0.15) is 0 Å². The quantitative estimate of drug-likeness (QED) is 0.711. The van der Waals surface area contributed by atoms with E-state index in [1.165, 1.54) is 17.0 Å². The van der Waals surface area contributed by atoms with E-state index in [0.717, 1.165) is 5.39 Å². The largest absolute Gasteiger partial charge is 0.449 e. The molecular formula is C19H19ClN2O4S. The van der Waals surface area contributed by atoms with Crippen LogP contribution in [0.4, 0.5) is 0 Å². The van der Waals surface area contributed by atoms with Gasteiger partial charge in [-0.15, -0.1) is 0 Å². The Morgan fingerprint density at radius 1 is 1.22 bits per heavy atom. The van der Waals surface area contributed by atoms with Gasteiger partial charge in [-0.3, -0.25) is 4.79 Å². The number of sulfonamides is 1. The lowest BCUT2D eigenvalue weighted by Crippen LogP contribution is -2.30. The maximum atomic E-state index is 13.0. The number of amides is 1. The van der Waals surface area contributed by atoms with Gasteiger partial charge in [-0.1, -0.05) is 35.9 Å². The summed E-state index contributed by atoms with van der Waals surface area (Å²) in [6.07, 6.45) is 0. The zero-order chi connectivity index (χ0) is 19.9. The average molecular weight is 407 g/mol. The summed E-state index contributed by atoms with van der Waals surface area (Å²) in [4.78, 5) is 14.5. The van der Waals surface area contributed by atoms with Crippen LogP contribution in [0, 0.1) is 6.92 Å². The third-order valence-corrected chi connectivity index (χ3v) is 5.89. The number of rotatable bonds is 4. The first-order valence-corrected chi connectivity index (χ1v) is 10.1. The fraction of sp³-hybridized carbons (Fsp3) is 0.211. The van der Waals surface area contributed by atoms with Crippen LogP contribution in [0.25, 0.3) is 11.0 Å². The van der Waals surface area contributed by atoms with E-state index in [-0.39, 0.29) is 16.6 Å². The van der Waals surface area contributed by atoms with Crippen molar-refractivity contribution in [2.24, 2.45) is 5.14 Å². The molecule has 27 heavy (non-hydrogen) atoms. The molecule has 0 bridgehead atoms. The number of hydrogen-bond acceptors (Lipinski definition) is 4. The van der Waals surface area contributed by atoms with Crippen molar-refractivity contribution in [2.75, 3.05) is 7.05 Å². The molecule has 1 amide bonds. The molecule has 8 heteroatoms. The van der Waals surface area contributed by atoms with Crippen LogP contribution < -0.4 is 5.14 Å². The molecule has 3 aromatic rings. The molecule has 2 N–H and O–H groups in total. The summed E-state index contributed by atoms with van der Waals surface area (Å²) in [6.45, 7) is 3.60. The second kappa shape index (κ2) is 6.99. The summed E-state index contributed by atoms with van der Waals surface area (Å²) >= 11 is 6.16. The lowest BCUT2D eigenvalue weighted by Gasteiger charge is -2.25. The molecule has 1 aromatic heterocycles. The fourth-order valence-corrected chi connectivity index (χ4v) is 3.71. The number of para-hydroxylation sites is 1. The van der Waals surface area contributed by atoms with Gasteiger partial charge >= 0.3 is 0 Å². The minimum absolute atomic E-state index is 0.000557. The highest BCUT2D eigenvalue weighted by Gasteiger charge is 2.26. The predicted molar refractivity (Wildman–Crippen MR) is 104 cm³/mol. The molecule has 1 unspecified atom stereocenters. The molecule has 0 saturated heterocycles. The number of aryl methyl sites for hydroxylation is 1. The number of primary sulfonamides is 1. The van der Waals surface area contributed by atoms with Crippen molar-refractivity contribution in [1.29, 1.82) is 0 Å². The monoisotopic (exact) mass is 406 g/mol. The van der Waals surface area contributed by atoms with E-state index in [4.69, 9.17) is 21.2 Å². The number of benzene rings is 2. The molecule has 0 aliphatic carbocycles. The molecule has 0 fully saturated rings. The van der Waals surface area contributed by atoms with Crippen LogP contribution in [-0.2, 0) is 10.0 Å². The first-order chi connectivity index (χ1) is 12.6. The number of carbonyl (C=O) groups is 1. The van der Waals surface area contributed by atoms with Gasteiger partial charge in [0, 0.05) is 18.0 Å². The first-order valence-electron chi connectivity index (χ1n) is 8.18. The molecule has 0 aliphatic heterocycles. The number of furan rings is 1. The van der Waals surface area contributed by atoms with Gasteiger partial charge in [0.1, 0.15) is 0 Å². The van der Waals surface area contributed by atoms with Crippen molar-refractivity contribution in [1.82, 2.24) is 4.90 Å². The third-order valence-electron chi connectivity index (χ3n) is 4.68. The Labute approximate surface area is 162 Å². The second-order valence-corrected chi connectivity index (χ2v) is 8.35. The third kappa shape index (κ3) is 3.58. The zero-order valence-corrected chi connectivity index (χ0v) is 16.6. The van der Waals surface area contributed by atoms with Gasteiger partial charge in [0.05, 0.1) is 16.0 Å². The molecule has 0 saturated carbocycles. The van der Waals surface area contributed by atoms with Crippen molar-refractivity contribution in [3.05, 3.63) is 64.4 Å². The number of fused-ring (bicyclic) bond motifs is 1. The van der Waals surface area contributed by atoms with E-state index in [2.05, 4.69) is 0 Å². The molecule has 0 aliphatic rings. The van der Waals surface area contributed by atoms with Gasteiger partial charge in [0.2, 0.25) is 10.0 Å². The first kappa shape index (κ1) is 19.4. The average Bonchev–Trinajstić information content (AvgIpc) is 2.97. The second-order valence-electron chi connectivity index (χ2n) is 6.38. The Kier molecular flexibility index (Phi) is 5.03. The van der Waals surface area contributed by atoms with Crippen LogP contribution in [0.5, 0.6) is 0 Å². The van der Waals surface area contributed by atoms with Gasteiger partial charge in [-0.25, -0.2) is 13.6 Å². The molecule has 2 aromatic carbocycles. The molecule has 142 valence electrons. The summed E-state index contributed by atoms with van der Waals surface area (Å²) in [5.74, 6) is -0.122. The van der Waals surface area contributed by atoms with Crippen LogP contribution in [0.1, 0.15) is 34.6 Å². The van der Waals surface area contributed by atoms with E-state index in [0.29, 0.717) is 21.7 Å². The molecule has 1 heterocycles. The maximum absolute atomic E-state index is 13.0. The van der Waals surface area contributed by atoms with E-state index in [1.54, 1.807) is 45.2 Å². The van der Waals surface area contributed by atoms with Crippen LogP contribution in [0.3, 0.4) is 0 Å². The van der Waals surface area contributed by atoms with Gasteiger partial charge < -0.3 is 9.32 Å². The number of nitrogens with two attached hydrogens (primary N) is 1. The van der Waals surface area contributed by atoms with Gasteiger partial charge in [-0.05, 0) is 37.6 Å². The molecule has 0 spiro atoms. The number of halogens is 1. The van der Waals surface area contributed by atoms with E-state index in [1.807, 2.05) is 6.07 Å². The highest BCUT2D eigenvalue weighted by Crippen LogP contribution is 2.32. The van der Waals surface area contributed by atoms with Crippen LogP contribution >= 0.6 is 11.6 Å². The molecular weight excluding hydrogens is 388 g/mol. The number of carbonyl (C=O) groups excluding carboxylic acids is 1. The summed E-state index contributed by atoms with van der Waals surface area (Å²) in [5, 5.41) is 6.41. The van der Waals surface area contributed by atoms with Crippen molar-refractivity contribution in [3.8, 4) is 0 Å². The lowest BCUT2D eigenvalue weighted by atomic mass is 10.1. The maximum Gasteiger partial charge on any atom is 0.290 e. The van der Waals surface area contributed by atoms with Crippen LogP contribution in [-0.4, -0.2) is 26.3 Å². The minimum atomic E-state index is -3.82. The highest BCUT2D eigenvalue weighted by molar-refractivity contribution is 7.89. The number of hydrogen-bond donors (Lipinski definition) is 1. The SMILES string of the molecule is Cc1c(C(=O)N(C)C(C)c2cccc(S(N)(=O)=O)c2)oc2c(Cl)cccc12. The summed E-state index contributed by atoms with van der Waals surface area (Å²) in [7, 11) is -2.19. The number of nitrogens with zero attached hydrogens (tertiary/aromatic N) is 1. The van der Waals surface area contributed by atoms with E-state index >= 15 is 0 Å². The summed E-state index contributed by atoms with van der Waals surface area (Å²) < 4.78 is 28.9. The molecule has 6 nitrogen and oxygen atoms in total. The molecule has 1 atom stereocenters. The van der Waals surface area contributed by atoms with Gasteiger partial charge in [0.25, 0.3) is 5.91 Å². The van der Waals surface area contributed by atoms with Gasteiger partial charge in [0.15, 0.2) is 11.3 Å². The Morgan fingerprint density at radius 3 is 2.52 bits per heavy atom. The smallest absolute Gasteiger partial charge is 0.290 e. The normalized spacial score (nSPS) is 12.9. The van der Waals surface area contributed by atoms with E-state index in [9.17, 15) is 13.2 Å². The highest BCUT2D eigenvalue weighted by atomic mass is 35.5. The summed E-state index contributed by atoms with van der Waals surface area (Å²) in [5.41, 5.74) is 1.82. The van der Waals surface area contributed by atoms with E-state index < -0.39 is 16.1 Å². The van der Waals surface area contributed by atoms with Crippen molar-refractivity contribution < 1.29 is 17.6 Å². The van der Waals surface area contributed by atoms with Crippen molar-refractivity contribution in [2.45, 2.75) is 24.8 Å². The standard InChI is InChI=1S/C19H19ClN2O4S/c1-11-15-8-5-9-16(20)18(15)26-17(11)19(23)22(3)12(2)13-6-4-7-14(10-13)27(21,24)25/h4-10,12H,1-3H3,(H2,21,24,25). The van der Waals surface area contributed by atoms with Crippen molar-refractivity contribution >= 4 is 38.5 Å². The Bertz CT molecular complexity index is 1140. The Balaban J connectivity index is 1.96. The topological polar surface area (TPSA) is 93.6 Å². The summed E-state index contributed by atoms with van der Waals surface area (Å²) in [6, 6.07) is 11.2. The molecule has 3 rings (SSSR count). The van der Waals surface area contributed by atoms with Crippen LogP contribution in [0.2, 0.25) is 5.02 Å². The predicted octanol–water partition coefficient (Wildman–Crippen LogP) is 3.88. The minimum Gasteiger partial charge on any atom is -0.449 e. The Hall–Kier alpha value is -2.35.